The van der Waals surface area contributed by atoms with Crippen molar-refractivity contribution in [1.82, 2.24) is 5.32 Å². The third kappa shape index (κ3) is 2.47. The minimum absolute atomic E-state index is 0.757. The van der Waals surface area contributed by atoms with Crippen LogP contribution in [0.2, 0.25) is 0 Å². The van der Waals surface area contributed by atoms with E-state index < -0.39 is 0 Å². The Balaban J connectivity index is 1.68. The molecule has 1 aromatic rings. The van der Waals surface area contributed by atoms with E-state index in [1.165, 1.54) is 38.5 Å². The summed E-state index contributed by atoms with van der Waals surface area (Å²) in [5.41, 5.74) is 3.20. The zero-order valence-corrected chi connectivity index (χ0v) is 11.5. The topological polar surface area (TPSA) is 12.0 Å². The van der Waals surface area contributed by atoms with Crippen LogP contribution in [-0.2, 0) is 0 Å². The predicted octanol–water partition coefficient (Wildman–Crippen LogP) is 4.20. The van der Waals surface area contributed by atoms with Crippen LogP contribution in [0.15, 0.2) is 24.3 Å². The standard InChI is InChI=1S/C17H25N/c1-2-18-17-10-9-16(12-17)15-8-4-7-14(11-15)13-5-3-6-13/h4,7-8,11,13,16-18H,2-3,5-6,9-10,12H2,1H3. The van der Waals surface area contributed by atoms with Crippen LogP contribution < -0.4 is 5.32 Å². The van der Waals surface area contributed by atoms with Gasteiger partial charge in [0.2, 0.25) is 0 Å². The third-order valence-corrected chi connectivity index (χ3v) is 4.88. The monoisotopic (exact) mass is 243 g/mol. The lowest BCUT2D eigenvalue weighted by Gasteiger charge is -2.26. The van der Waals surface area contributed by atoms with Crippen molar-refractivity contribution in [3.8, 4) is 0 Å². The molecule has 0 bridgehead atoms. The summed E-state index contributed by atoms with van der Waals surface area (Å²) in [4.78, 5) is 0. The fourth-order valence-electron chi connectivity index (χ4n) is 3.57. The van der Waals surface area contributed by atoms with E-state index in [0.29, 0.717) is 0 Å². The van der Waals surface area contributed by atoms with Crippen LogP contribution >= 0.6 is 0 Å². The molecule has 0 heterocycles. The molecule has 18 heavy (non-hydrogen) atoms. The Morgan fingerprint density at radius 1 is 1.06 bits per heavy atom. The number of benzene rings is 1. The Bertz CT molecular complexity index is 394. The summed E-state index contributed by atoms with van der Waals surface area (Å²) >= 11 is 0. The second-order valence-corrected chi connectivity index (χ2v) is 6.06. The van der Waals surface area contributed by atoms with Crippen LogP contribution in [0.4, 0.5) is 0 Å². The molecule has 1 aromatic carbocycles. The zero-order valence-electron chi connectivity index (χ0n) is 11.5. The zero-order chi connectivity index (χ0) is 12.4. The molecule has 2 saturated carbocycles. The van der Waals surface area contributed by atoms with Crippen molar-refractivity contribution in [2.75, 3.05) is 6.54 Å². The highest BCUT2D eigenvalue weighted by Crippen LogP contribution is 2.39. The number of nitrogens with one attached hydrogen (secondary N) is 1. The van der Waals surface area contributed by atoms with Crippen molar-refractivity contribution in [2.24, 2.45) is 0 Å². The van der Waals surface area contributed by atoms with E-state index in [1.807, 2.05) is 0 Å². The molecular formula is C17H25N. The first-order valence-electron chi connectivity index (χ1n) is 7.70. The van der Waals surface area contributed by atoms with Crippen LogP contribution in [0.5, 0.6) is 0 Å². The average molecular weight is 243 g/mol. The largest absolute Gasteiger partial charge is 0.314 e. The van der Waals surface area contributed by atoms with E-state index in [9.17, 15) is 0 Å². The Hall–Kier alpha value is -0.820. The summed E-state index contributed by atoms with van der Waals surface area (Å²) in [6, 6.07) is 10.2. The van der Waals surface area contributed by atoms with Gasteiger partial charge in [0.25, 0.3) is 0 Å². The molecule has 1 N–H and O–H groups in total. The molecule has 2 aliphatic rings. The highest BCUT2D eigenvalue weighted by atomic mass is 14.9. The van der Waals surface area contributed by atoms with Gasteiger partial charge in [0.05, 0.1) is 0 Å². The molecule has 1 nitrogen and oxygen atoms in total. The van der Waals surface area contributed by atoms with Gasteiger partial charge in [-0.2, -0.15) is 0 Å². The molecule has 2 unspecified atom stereocenters. The molecule has 0 amide bonds. The number of hydrogen-bond acceptors (Lipinski definition) is 1. The maximum absolute atomic E-state index is 3.60. The van der Waals surface area contributed by atoms with E-state index in [0.717, 1.165) is 24.4 Å². The lowest BCUT2D eigenvalue weighted by atomic mass is 9.79. The molecule has 2 fully saturated rings. The minimum atomic E-state index is 0.757. The molecule has 98 valence electrons. The molecule has 3 rings (SSSR count). The van der Waals surface area contributed by atoms with Crippen molar-refractivity contribution in [1.29, 1.82) is 0 Å². The molecule has 0 aliphatic heterocycles. The quantitative estimate of drug-likeness (QED) is 0.835. The van der Waals surface area contributed by atoms with Crippen LogP contribution in [0, 0.1) is 0 Å². The van der Waals surface area contributed by atoms with Gasteiger partial charge in [-0.25, -0.2) is 0 Å². The first-order valence-corrected chi connectivity index (χ1v) is 7.70. The van der Waals surface area contributed by atoms with Gasteiger partial charge in [-0.15, -0.1) is 0 Å². The van der Waals surface area contributed by atoms with Gasteiger partial charge in [0, 0.05) is 6.04 Å². The smallest absolute Gasteiger partial charge is 0.00729 e. The van der Waals surface area contributed by atoms with Gasteiger partial charge in [-0.1, -0.05) is 37.6 Å². The summed E-state index contributed by atoms with van der Waals surface area (Å²) in [7, 11) is 0. The molecule has 0 saturated heterocycles. The van der Waals surface area contributed by atoms with Gasteiger partial charge in [-0.05, 0) is 61.6 Å². The normalized spacial score (nSPS) is 28.3. The summed E-state index contributed by atoms with van der Waals surface area (Å²) in [5, 5.41) is 3.60. The van der Waals surface area contributed by atoms with E-state index in [4.69, 9.17) is 0 Å². The highest BCUT2D eigenvalue weighted by Gasteiger charge is 2.26. The average Bonchev–Trinajstić information content (AvgIpc) is 2.76. The van der Waals surface area contributed by atoms with Crippen molar-refractivity contribution in [3.63, 3.8) is 0 Å². The van der Waals surface area contributed by atoms with Crippen LogP contribution in [0.25, 0.3) is 0 Å². The molecule has 0 radical (unpaired) electrons. The van der Waals surface area contributed by atoms with E-state index >= 15 is 0 Å². The lowest BCUT2D eigenvalue weighted by Crippen LogP contribution is -2.25. The van der Waals surface area contributed by atoms with Crippen LogP contribution in [0.1, 0.15) is 68.4 Å². The highest BCUT2D eigenvalue weighted by molar-refractivity contribution is 5.30. The van der Waals surface area contributed by atoms with E-state index in [-0.39, 0.29) is 0 Å². The van der Waals surface area contributed by atoms with Crippen molar-refractivity contribution < 1.29 is 0 Å². The molecular weight excluding hydrogens is 218 g/mol. The van der Waals surface area contributed by atoms with E-state index in [2.05, 4.69) is 36.5 Å². The Morgan fingerprint density at radius 3 is 2.50 bits per heavy atom. The van der Waals surface area contributed by atoms with Gasteiger partial charge in [0.15, 0.2) is 0 Å². The summed E-state index contributed by atoms with van der Waals surface area (Å²) in [6.07, 6.45) is 8.31. The van der Waals surface area contributed by atoms with Crippen molar-refractivity contribution >= 4 is 0 Å². The van der Waals surface area contributed by atoms with Crippen molar-refractivity contribution in [2.45, 2.75) is 63.3 Å². The van der Waals surface area contributed by atoms with Gasteiger partial charge in [0.1, 0.15) is 0 Å². The summed E-state index contributed by atoms with van der Waals surface area (Å²) in [6.45, 7) is 3.32. The van der Waals surface area contributed by atoms with Gasteiger partial charge in [-0.3, -0.25) is 0 Å². The Kier molecular flexibility index (Phi) is 3.69. The van der Waals surface area contributed by atoms with Crippen LogP contribution in [-0.4, -0.2) is 12.6 Å². The number of hydrogen-bond donors (Lipinski definition) is 1. The first kappa shape index (κ1) is 12.2. The predicted molar refractivity (Wildman–Crippen MR) is 77.1 cm³/mol. The van der Waals surface area contributed by atoms with Crippen molar-refractivity contribution in [3.05, 3.63) is 35.4 Å². The minimum Gasteiger partial charge on any atom is -0.314 e. The van der Waals surface area contributed by atoms with Gasteiger partial charge >= 0.3 is 0 Å². The molecule has 0 aromatic heterocycles. The molecule has 2 aliphatic carbocycles. The summed E-state index contributed by atoms with van der Waals surface area (Å²) < 4.78 is 0. The maximum Gasteiger partial charge on any atom is 0.00729 e. The molecule has 2 atom stereocenters. The van der Waals surface area contributed by atoms with E-state index in [1.54, 1.807) is 11.1 Å². The lowest BCUT2D eigenvalue weighted by molar-refractivity contribution is 0.419. The second kappa shape index (κ2) is 5.44. The van der Waals surface area contributed by atoms with Crippen LogP contribution in [0.3, 0.4) is 0 Å². The maximum atomic E-state index is 3.60. The summed E-state index contributed by atoms with van der Waals surface area (Å²) in [5.74, 6) is 1.67. The molecule has 0 spiro atoms. The fourth-order valence-corrected chi connectivity index (χ4v) is 3.57. The fraction of sp³-hybridized carbons (Fsp3) is 0.647. The SMILES string of the molecule is CCNC1CCC(c2cccc(C3CCC3)c2)C1. The van der Waals surface area contributed by atoms with Gasteiger partial charge < -0.3 is 5.32 Å². The number of rotatable bonds is 4. The second-order valence-electron chi connectivity index (χ2n) is 6.06. The Labute approximate surface area is 111 Å². The Morgan fingerprint density at radius 2 is 1.83 bits per heavy atom. The first-order chi connectivity index (χ1) is 8.86. The molecule has 1 heteroatoms. The third-order valence-electron chi connectivity index (χ3n) is 4.88.